The van der Waals surface area contributed by atoms with Gasteiger partial charge < -0.3 is 19.3 Å². The van der Waals surface area contributed by atoms with Crippen LogP contribution in [-0.2, 0) is 33.5 Å². The van der Waals surface area contributed by atoms with Gasteiger partial charge in [0.15, 0.2) is 34.9 Å². The monoisotopic (exact) mass is 481 g/mol. The number of halogens is 2. The van der Waals surface area contributed by atoms with Crippen LogP contribution in [-0.4, -0.2) is 52.1 Å². The lowest BCUT2D eigenvalue weighted by atomic mass is 9.92. The molecule has 3 rings (SSSR count). The predicted octanol–water partition coefficient (Wildman–Crippen LogP) is 2.71. The van der Waals surface area contributed by atoms with E-state index in [2.05, 4.69) is 4.98 Å². The molecule has 176 valence electrons. The molecule has 0 aliphatic carbocycles. The number of hydrogen-bond acceptors (Lipinski definition) is 9. The Hall–Kier alpha value is -3.05. The summed E-state index contributed by atoms with van der Waals surface area (Å²) in [7, 11) is 0. The quantitative estimate of drug-likeness (QED) is 0.509. The second-order valence-electron chi connectivity index (χ2n) is 7.31. The Morgan fingerprint density at radius 1 is 1.00 bits per heavy atom. The number of benzene rings is 1. The normalized spacial score (nSPS) is 24.6. The van der Waals surface area contributed by atoms with Gasteiger partial charge in [-0.1, -0.05) is 0 Å². The molecule has 0 spiro atoms. The van der Waals surface area contributed by atoms with Gasteiger partial charge in [-0.05, 0) is 35.4 Å². The van der Waals surface area contributed by atoms with Gasteiger partial charge in [0, 0.05) is 44.5 Å². The highest BCUT2D eigenvalue weighted by molar-refractivity contribution is 8.00. The van der Waals surface area contributed by atoms with Gasteiger partial charge in [-0.15, -0.1) is 11.8 Å². The molecular formula is C22H21F2NO7S. The van der Waals surface area contributed by atoms with Crippen molar-refractivity contribution < 1.29 is 42.5 Å². The maximum absolute atomic E-state index is 15.0. The summed E-state index contributed by atoms with van der Waals surface area (Å²) >= 11 is 0.667. The Balaban J connectivity index is 2.16. The van der Waals surface area contributed by atoms with E-state index in [-0.39, 0.29) is 11.3 Å². The molecular weight excluding hydrogens is 460 g/mol. The summed E-state index contributed by atoms with van der Waals surface area (Å²) in [6, 6.07) is 5.30. The van der Waals surface area contributed by atoms with Crippen LogP contribution in [0, 0.1) is 11.6 Å². The van der Waals surface area contributed by atoms with Crippen molar-refractivity contribution in [1.29, 1.82) is 0 Å². The summed E-state index contributed by atoms with van der Waals surface area (Å²) in [6.07, 6.45) is -1.39. The zero-order chi connectivity index (χ0) is 24.3. The second kappa shape index (κ2) is 9.84. The Morgan fingerprint density at radius 2 is 1.61 bits per heavy atom. The number of carbonyl (C=O) groups excluding carboxylic acids is 3. The molecule has 11 heteroatoms. The second-order valence-corrected chi connectivity index (χ2v) is 8.56. The van der Waals surface area contributed by atoms with Gasteiger partial charge in [-0.25, -0.2) is 8.78 Å². The molecule has 8 nitrogen and oxygen atoms in total. The van der Waals surface area contributed by atoms with E-state index in [1.165, 1.54) is 18.5 Å². The molecule has 0 radical (unpaired) electrons. The van der Waals surface area contributed by atoms with Gasteiger partial charge in [-0.2, -0.15) is 0 Å². The van der Waals surface area contributed by atoms with Crippen molar-refractivity contribution in [1.82, 2.24) is 4.98 Å². The highest BCUT2D eigenvalue weighted by Crippen LogP contribution is 2.48. The summed E-state index contributed by atoms with van der Waals surface area (Å²) in [5.41, 5.74) is 0.199. The van der Waals surface area contributed by atoms with E-state index in [0.717, 1.165) is 26.8 Å². The minimum absolute atomic E-state index is 0.160. The molecule has 1 aromatic heterocycles. The molecule has 0 unspecified atom stereocenters. The van der Waals surface area contributed by atoms with Crippen molar-refractivity contribution in [3.8, 4) is 11.1 Å². The van der Waals surface area contributed by atoms with E-state index >= 15 is 4.39 Å². The number of thioether (sulfide) groups is 1. The van der Waals surface area contributed by atoms with Crippen molar-refractivity contribution in [2.24, 2.45) is 0 Å². The van der Waals surface area contributed by atoms with Gasteiger partial charge in [-0.3, -0.25) is 19.4 Å². The Kier molecular flexibility index (Phi) is 7.33. The average Bonchev–Trinajstić information content (AvgIpc) is 2.74. The number of pyridine rings is 1. The number of aromatic nitrogens is 1. The highest BCUT2D eigenvalue weighted by Gasteiger charge is 2.57. The molecule has 0 saturated carbocycles. The first-order chi connectivity index (χ1) is 15.5. The minimum atomic E-state index is -2.38. The van der Waals surface area contributed by atoms with Crippen LogP contribution in [0.25, 0.3) is 11.1 Å². The third-order valence-corrected chi connectivity index (χ3v) is 6.25. The molecule has 4 atom stereocenters. The van der Waals surface area contributed by atoms with Crippen LogP contribution in [0.1, 0.15) is 26.3 Å². The van der Waals surface area contributed by atoms with Crippen LogP contribution in [0.5, 0.6) is 0 Å². The fraction of sp³-hybridized carbons (Fsp3) is 0.364. The largest absolute Gasteiger partial charge is 0.458 e. The average molecular weight is 481 g/mol. The molecule has 0 amide bonds. The number of carbonyl (C=O) groups is 3. The number of ether oxygens (including phenoxy) is 3. The predicted molar refractivity (Wildman–Crippen MR) is 113 cm³/mol. The van der Waals surface area contributed by atoms with Crippen LogP contribution in [0.2, 0.25) is 0 Å². The Labute approximate surface area is 192 Å². The lowest BCUT2D eigenvalue weighted by Crippen LogP contribution is -2.59. The Morgan fingerprint density at radius 3 is 2.18 bits per heavy atom. The summed E-state index contributed by atoms with van der Waals surface area (Å²) in [6.45, 7) is 3.24. The van der Waals surface area contributed by atoms with Crippen LogP contribution in [0.15, 0.2) is 36.7 Å². The van der Waals surface area contributed by atoms with Gasteiger partial charge in [0.25, 0.3) is 0 Å². The molecule has 1 N–H and O–H groups in total. The summed E-state index contributed by atoms with van der Waals surface area (Å²) < 4.78 is 45.3. The van der Waals surface area contributed by atoms with E-state index < -0.39 is 58.4 Å². The van der Waals surface area contributed by atoms with Crippen molar-refractivity contribution in [3.05, 3.63) is 53.9 Å². The number of rotatable bonds is 5. The molecule has 1 aliphatic rings. The SMILES string of the molecule is CC(=O)O[C@@H]1[C@@H](OC(C)=O)[C@@](O)(c2cc(-c3ccncc3)cc(F)c2F)SC[C@H]1OC(C)=O. The molecule has 0 bridgehead atoms. The maximum atomic E-state index is 15.0. The standard InChI is InChI=1S/C22H21F2NO7S/c1-11(26)30-18-10-33-22(29,21(32-13(3)28)20(18)31-12(2)27)16-8-15(9-17(23)19(16)24)14-4-6-25-7-5-14/h4-9,18,20-21,29H,10H2,1-3H3/t18-,20+,21-,22-/m1/s1. The van der Waals surface area contributed by atoms with Crippen molar-refractivity contribution >= 4 is 29.7 Å². The topological polar surface area (TPSA) is 112 Å². The van der Waals surface area contributed by atoms with Crippen LogP contribution >= 0.6 is 11.8 Å². The Bertz CT molecular complexity index is 1070. The summed E-state index contributed by atoms with van der Waals surface area (Å²) in [5, 5.41) is 11.6. The minimum Gasteiger partial charge on any atom is -0.458 e. The smallest absolute Gasteiger partial charge is 0.303 e. The lowest BCUT2D eigenvalue weighted by molar-refractivity contribution is -0.198. The van der Waals surface area contributed by atoms with E-state index in [1.54, 1.807) is 12.1 Å². The van der Waals surface area contributed by atoms with Gasteiger partial charge in [0.2, 0.25) is 0 Å². The maximum Gasteiger partial charge on any atom is 0.303 e. The number of nitrogens with zero attached hydrogens (tertiary/aromatic N) is 1. The van der Waals surface area contributed by atoms with Crippen LogP contribution in [0.3, 0.4) is 0 Å². The zero-order valence-corrected chi connectivity index (χ0v) is 18.7. The highest BCUT2D eigenvalue weighted by atomic mass is 32.2. The first-order valence-corrected chi connectivity index (χ1v) is 10.8. The number of aliphatic hydroxyl groups is 1. The summed E-state index contributed by atoms with van der Waals surface area (Å²) in [4.78, 5) is 36.7. The van der Waals surface area contributed by atoms with Crippen LogP contribution < -0.4 is 0 Å². The van der Waals surface area contributed by atoms with Crippen molar-refractivity contribution in [3.63, 3.8) is 0 Å². The van der Waals surface area contributed by atoms with Gasteiger partial charge in [0.05, 0.1) is 0 Å². The first kappa shape index (κ1) is 24.6. The fourth-order valence-corrected chi connectivity index (χ4v) is 4.89. The van der Waals surface area contributed by atoms with E-state index in [9.17, 15) is 23.9 Å². The molecule has 1 saturated heterocycles. The zero-order valence-electron chi connectivity index (χ0n) is 17.9. The molecule has 1 fully saturated rings. The molecule has 1 aliphatic heterocycles. The fourth-order valence-electron chi connectivity index (χ4n) is 3.56. The molecule has 2 aromatic rings. The first-order valence-electron chi connectivity index (χ1n) is 9.80. The molecule has 2 heterocycles. The van der Waals surface area contributed by atoms with E-state index in [4.69, 9.17) is 14.2 Å². The number of hydrogen-bond donors (Lipinski definition) is 1. The summed E-state index contributed by atoms with van der Waals surface area (Å²) in [5.74, 6) is -5.19. The van der Waals surface area contributed by atoms with Gasteiger partial charge in [0.1, 0.15) is 0 Å². The molecule has 33 heavy (non-hydrogen) atoms. The number of esters is 3. The lowest BCUT2D eigenvalue weighted by Gasteiger charge is -2.45. The van der Waals surface area contributed by atoms with Crippen molar-refractivity contribution in [2.75, 3.05) is 5.75 Å². The van der Waals surface area contributed by atoms with Crippen LogP contribution in [0.4, 0.5) is 8.78 Å². The van der Waals surface area contributed by atoms with E-state index in [0.29, 0.717) is 17.3 Å². The third-order valence-electron chi connectivity index (χ3n) is 4.86. The van der Waals surface area contributed by atoms with E-state index in [1.807, 2.05) is 0 Å². The molecule has 1 aromatic carbocycles. The van der Waals surface area contributed by atoms with Crippen molar-refractivity contribution in [2.45, 2.75) is 44.0 Å². The van der Waals surface area contributed by atoms with Gasteiger partial charge >= 0.3 is 17.9 Å². The third kappa shape index (κ3) is 5.31.